The summed E-state index contributed by atoms with van der Waals surface area (Å²) in [5.74, 6) is 1.33. The highest BCUT2D eigenvalue weighted by molar-refractivity contribution is 5.37. The topological polar surface area (TPSA) is 120 Å². The van der Waals surface area contributed by atoms with E-state index in [1.165, 1.54) is 12.1 Å². The van der Waals surface area contributed by atoms with Crippen molar-refractivity contribution in [3.8, 4) is 5.75 Å². The van der Waals surface area contributed by atoms with Crippen molar-refractivity contribution in [1.29, 1.82) is 0 Å². The molecule has 0 bridgehead atoms. The second kappa shape index (κ2) is 6.88. The number of H-pyrrole nitrogens is 1. The number of nitrogens with two attached hydrogens (primary N) is 1. The van der Waals surface area contributed by atoms with E-state index >= 15 is 0 Å². The van der Waals surface area contributed by atoms with Gasteiger partial charge in [0.1, 0.15) is 12.4 Å². The van der Waals surface area contributed by atoms with Gasteiger partial charge in [-0.05, 0) is 11.6 Å². The first-order valence-corrected chi connectivity index (χ1v) is 7.22. The Morgan fingerprint density at radius 1 is 1.21 bits per heavy atom. The van der Waals surface area contributed by atoms with Crippen molar-refractivity contribution < 1.29 is 9.66 Å². The van der Waals surface area contributed by atoms with Crippen LogP contribution < -0.4 is 10.5 Å². The van der Waals surface area contributed by atoms with Crippen LogP contribution in [0.1, 0.15) is 23.3 Å². The summed E-state index contributed by atoms with van der Waals surface area (Å²) < 4.78 is 5.50. The number of aromatic nitrogens is 3. The maximum Gasteiger partial charge on any atom is 0.273 e. The maximum atomic E-state index is 10.7. The molecule has 0 aliphatic rings. The molecule has 0 aliphatic carbocycles. The molecule has 3 N–H and O–H groups in total. The van der Waals surface area contributed by atoms with Crippen LogP contribution in [0.15, 0.2) is 54.6 Å². The van der Waals surface area contributed by atoms with E-state index in [2.05, 4.69) is 15.2 Å². The lowest BCUT2D eigenvalue weighted by Crippen LogP contribution is -2.13. The van der Waals surface area contributed by atoms with E-state index in [-0.39, 0.29) is 12.3 Å². The van der Waals surface area contributed by atoms with Gasteiger partial charge < -0.3 is 10.5 Å². The summed E-state index contributed by atoms with van der Waals surface area (Å²) in [4.78, 5) is 14.6. The largest absolute Gasteiger partial charge is 0.485 e. The van der Waals surface area contributed by atoms with E-state index in [0.29, 0.717) is 17.4 Å². The molecule has 1 heterocycles. The molecular formula is C16H15N5O3. The Kier molecular flexibility index (Phi) is 4.48. The fourth-order valence-electron chi connectivity index (χ4n) is 2.16. The molecule has 8 nitrogen and oxygen atoms in total. The first-order valence-electron chi connectivity index (χ1n) is 7.22. The lowest BCUT2D eigenvalue weighted by atomic mass is 10.1. The predicted molar refractivity (Wildman–Crippen MR) is 86.3 cm³/mol. The molecule has 122 valence electrons. The number of nitrogens with zero attached hydrogens (tertiary/aromatic N) is 3. The summed E-state index contributed by atoms with van der Waals surface area (Å²) in [7, 11) is 0. The molecule has 0 saturated carbocycles. The van der Waals surface area contributed by atoms with Crippen molar-refractivity contribution in [2.75, 3.05) is 0 Å². The van der Waals surface area contributed by atoms with Gasteiger partial charge in [-0.1, -0.05) is 36.4 Å². The molecular weight excluding hydrogens is 310 g/mol. The molecule has 1 atom stereocenters. The molecule has 24 heavy (non-hydrogen) atoms. The number of nitrogens with one attached hydrogen (secondary N) is 1. The Balaban J connectivity index is 1.66. The fourth-order valence-corrected chi connectivity index (χ4v) is 2.16. The van der Waals surface area contributed by atoms with Crippen LogP contribution in [0.3, 0.4) is 0 Å². The van der Waals surface area contributed by atoms with Crippen LogP contribution in [0.5, 0.6) is 5.75 Å². The monoisotopic (exact) mass is 325 g/mol. The summed E-state index contributed by atoms with van der Waals surface area (Å²) in [6, 6.07) is 15.0. The number of benzene rings is 2. The van der Waals surface area contributed by atoms with E-state index in [1.807, 2.05) is 30.3 Å². The van der Waals surface area contributed by atoms with Crippen molar-refractivity contribution in [2.24, 2.45) is 5.73 Å². The molecule has 0 spiro atoms. The lowest BCUT2D eigenvalue weighted by molar-refractivity contribution is -0.384. The van der Waals surface area contributed by atoms with Crippen molar-refractivity contribution in [3.05, 3.63) is 81.9 Å². The molecule has 0 aliphatic heterocycles. The van der Waals surface area contributed by atoms with Gasteiger partial charge in [-0.2, -0.15) is 5.10 Å². The average Bonchev–Trinajstić information content (AvgIpc) is 3.09. The zero-order valence-electron chi connectivity index (χ0n) is 12.6. The third kappa shape index (κ3) is 3.55. The second-order valence-electron chi connectivity index (χ2n) is 5.07. The van der Waals surface area contributed by atoms with Crippen molar-refractivity contribution in [3.63, 3.8) is 0 Å². The maximum absolute atomic E-state index is 10.7. The standard InChI is InChI=1S/C16H15N5O3/c17-15(11-5-2-1-3-6-11)16-18-14(19-20-16)10-24-13-8-4-7-12(9-13)21(22)23/h1-9,15H,10,17H2,(H,18,19,20)/t15-/m1/s1. The van der Waals surface area contributed by atoms with Crippen LogP contribution in [-0.2, 0) is 6.61 Å². The lowest BCUT2D eigenvalue weighted by Gasteiger charge is -2.07. The van der Waals surface area contributed by atoms with Gasteiger partial charge in [0, 0.05) is 6.07 Å². The third-order valence-electron chi connectivity index (χ3n) is 3.39. The SMILES string of the molecule is N[C@H](c1ccccc1)c1n[nH]c(COc2cccc([N+](=O)[O-])c2)n1. The summed E-state index contributed by atoms with van der Waals surface area (Å²) in [6.45, 7) is 0.107. The van der Waals surface area contributed by atoms with E-state index in [4.69, 9.17) is 10.5 Å². The Hall–Kier alpha value is -3.26. The summed E-state index contributed by atoms with van der Waals surface area (Å²) in [5, 5.41) is 17.6. The van der Waals surface area contributed by atoms with Gasteiger partial charge in [0.25, 0.3) is 5.69 Å². The average molecular weight is 325 g/mol. The van der Waals surface area contributed by atoms with Gasteiger partial charge >= 0.3 is 0 Å². The van der Waals surface area contributed by atoms with E-state index in [1.54, 1.807) is 12.1 Å². The zero-order chi connectivity index (χ0) is 16.9. The number of ether oxygens (including phenoxy) is 1. The van der Waals surface area contributed by atoms with Gasteiger partial charge in [-0.25, -0.2) is 4.98 Å². The van der Waals surface area contributed by atoms with Crippen molar-refractivity contribution >= 4 is 5.69 Å². The number of rotatable bonds is 6. The summed E-state index contributed by atoms with van der Waals surface area (Å²) in [6.07, 6.45) is 0. The molecule has 0 saturated heterocycles. The molecule has 0 radical (unpaired) electrons. The minimum Gasteiger partial charge on any atom is -0.485 e. The number of hydrogen-bond donors (Lipinski definition) is 2. The highest BCUT2D eigenvalue weighted by Crippen LogP contribution is 2.20. The smallest absolute Gasteiger partial charge is 0.273 e. The van der Waals surface area contributed by atoms with E-state index in [0.717, 1.165) is 5.56 Å². The summed E-state index contributed by atoms with van der Waals surface area (Å²) >= 11 is 0. The summed E-state index contributed by atoms with van der Waals surface area (Å²) in [5.41, 5.74) is 7.00. The van der Waals surface area contributed by atoms with Crippen LogP contribution in [0.2, 0.25) is 0 Å². The van der Waals surface area contributed by atoms with Gasteiger partial charge in [0.05, 0.1) is 17.0 Å². The van der Waals surface area contributed by atoms with Crippen LogP contribution >= 0.6 is 0 Å². The quantitative estimate of drug-likeness (QED) is 0.530. The Labute approximate surface area is 137 Å². The number of hydrogen-bond acceptors (Lipinski definition) is 6. The van der Waals surface area contributed by atoms with Crippen LogP contribution in [0.25, 0.3) is 0 Å². The van der Waals surface area contributed by atoms with Crippen molar-refractivity contribution in [2.45, 2.75) is 12.6 Å². The number of nitro benzene ring substituents is 1. The van der Waals surface area contributed by atoms with Crippen molar-refractivity contribution in [1.82, 2.24) is 15.2 Å². The van der Waals surface area contributed by atoms with Crippen LogP contribution in [-0.4, -0.2) is 20.1 Å². The second-order valence-corrected chi connectivity index (χ2v) is 5.07. The van der Waals surface area contributed by atoms with E-state index < -0.39 is 11.0 Å². The normalized spacial score (nSPS) is 11.9. The molecule has 3 aromatic rings. The van der Waals surface area contributed by atoms with Gasteiger partial charge in [-0.15, -0.1) is 0 Å². The highest BCUT2D eigenvalue weighted by Gasteiger charge is 2.14. The molecule has 2 aromatic carbocycles. The first-order chi connectivity index (χ1) is 11.6. The molecule has 8 heteroatoms. The first kappa shape index (κ1) is 15.6. The number of aromatic amines is 1. The number of non-ortho nitro benzene ring substituents is 1. The third-order valence-corrected chi connectivity index (χ3v) is 3.39. The van der Waals surface area contributed by atoms with Gasteiger partial charge in [0.2, 0.25) is 0 Å². The zero-order valence-corrected chi connectivity index (χ0v) is 12.6. The molecule has 3 rings (SSSR count). The molecule has 0 fully saturated rings. The number of nitro groups is 1. The molecule has 0 amide bonds. The van der Waals surface area contributed by atoms with Gasteiger partial charge in [0.15, 0.2) is 11.6 Å². The fraction of sp³-hybridized carbons (Fsp3) is 0.125. The van der Waals surface area contributed by atoms with Gasteiger partial charge in [-0.3, -0.25) is 15.2 Å². The minimum absolute atomic E-state index is 0.0307. The Bertz CT molecular complexity index is 834. The molecule has 1 aromatic heterocycles. The molecule has 0 unspecified atom stereocenters. The van der Waals surface area contributed by atoms with Crippen LogP contribution in [0, 0.1) is 10.1 Å². The Morgan fingerprint density at radius 2 is 2.00 bits per heavy atom. The van der Waals surface area contributed by atoms with E-state index in [9.17, 15) is 10.1 Å². The highest BCUT2D eigenvalue weighted by atomic mass is 16.6. The van der Waals surface area contributed by atoms with Crippen LogP contribution in [0.4, 0.5) is 5.69 Å². The predicted octanol–water partition coefficient (Wildman–Crippen LogP) is 2.34. The Morgan fingerprint density at radius 3 is 2.75 bits per heavy atom. The minimum atomic E-state index is -0.474.